The van der Waals surface area contributed by atoms with Crippen molar-refractivity contribution in [1.29, 1.82) is 0 Å². The van der Waals surface area contributed by atoms with Gasteiger partial charge in [0.1, 0.15) is 12.2 Å². The van der Waals surface area contributed by atoms with Gasteiger partial charge in [-0.05, 0) is 30.5 Å². The predicted molar refractivity (Wildman–Crippen MR) is 102 cm³/mol. The number of carboxylic acids is 1. The first-order valence-corrected chi connectivity index (χ1v) is 9.66. The molecular weight excluding hydrogens is 314 g/mol. The maximum atomic E-state index is 10.4. The minimum Gasteiger partial charge on any atom is -0.548 e. The first-order valence-electron chi connectivity index (χ1n) is 9.66. The van der Waals surface area contributed by atoms with E-state index in [1.807, 2.05) is 0 Å². The SMILES string of the molecule is CCCCCCCCCc1ccc([N+](C)(C)CCOCC(=O)[O-])cc1. The highest BCUT2D eigenvalue weighted by atomic mass is 16.5. The van der Waals surface area contributed by atoms with Crippen LogP contribution in [0.4, 0.5) is 5.69 Å². The molecule has 0 aliphatic rings. The molecule has 0 atom stereocenters. The summed E-state index contributed by atoms with van der Waals surface area (Å²) in [5.41, 5.74) is 2.60. The number of aliphatic carboxylic acids is 1. The number of likely N-dealkylation sites (N-methyl/N-ethyl adjacent to an activating group) is 1. The molecule has 0 N–H and O–H groups in total. The van der Waals surface area contributed by atoms with Crippen molar-refractivity contribution in [3.63, 3.8) is 0 Å². The lowest BCUT2D eigenvalue weighted by atomic mass is 10.0. The van der Waals surface area contributed by atoms with Crippen LogP contribution < -0.4 is 9.59 Å². The minimum absolute atomic E-state index is 0.336. The molecular formula is C21H35NO3. The summed E-state index contributed by atoms with van der Waals surface area (Å²) in [5, 5.41) is 10.4. The summed E-state index contributed by atoms with van der Waals surface area (Å²) in [5.74, 6) is -1.17. The molecule has 0 heterocycles. The third-order valence-electron chi connectivity index (χ3n) is 4.72. The van der Waals surface area contributed by atoms with Gasteiger partial charge in [-0.1, -0.05) is 57.6 Å². The predicted octanol–water partition coefficient (Wildman–Crippen LogP) is 3.31. The molecule has 0 bridgehead atoms. The molecule has 4 nitrogen and oxygen atoms in total. The van der Waals surface area contributed by atoms with E-state index in [9.17, 15) is 9.90 Å². The van der Waals surface area contributed by atoms with Crippen molar-refractivity contribution < 1.29 is 14.6 Å². The standard InChI is InChI=1S/C21H35NO3/c1-4-5-6-7-8-9-10-11-19-12-14-20(15-13-19)22(2,3)16-17-25-18-21(23)24/h12-15H,4-11,16-18H2,1-3H3. The summed E-state index contributed by atoms with van der Waals surface area (Å²) >= 11 is 0. The maximum Gasteiger partial charge on any atom is 0.132 e. The number of carboxylic acid groups (broad SMARTS) is 1. The van der Waals surface area contributed by atoms with Crippen LogP contribution in [0.2, 0.25) is 0 Å². The average molecular weight is 350 g/mol. The van der Waals surface area contributed by atoms with Crippen LogP contribution in [0.15, 0.2) is 24.3 Å². The zero-order valence-electron chi connectivity index (χ0n) is 16.3. The molecule has 0 spiro atoms. The van der Waals surface area contributed by atoms with Gasteiger partial charge >= 0.3 is 0 Å². The Labute approximate surface area is 153 Å². The van der Waals surface area contributed by atoms with E-state index in [-0.39, 0.29) is 6.61 Å². The summed E-state index contributed by atoms with van der Waals surface area (Å²) in [4.78, 5) is 10.4. The summed E-state index contributed by atoms with van der Waals surface area (Å²) < 4.78 is 5.77. The summed E-state index contributed by atoms with van der Waals surface area (Å²) in [6.07, 6.45) is 10.5. The molecule has 142 valence electrons. The number of carbonyl (C=O) groups excluding carboxylic acids is 1. The Morgan fingerprint density at radius 1 is 1.00 bits per heavy atom. The van der Waals surface area contributed by atoms with Gasteiger partial charge in [-0.2, -0.15) is 0 Å². The van der Waals surface area contributed by atoms with E-state index in [1.54, 1.807) is 0 Å². The highest BCUT2D eigenvalue weighted by molar-refractivity contribution is 5.65. The van der Waals surface area contributed by atoms with E-state index in [1.165, 1.54) is 56.2 Å². The Kier molecular flexibility index (Phi) is 10.4. The smallest absolute Gasteiger partial charge is 0.132 e. The molecule has 0 aliphatic heterocycles. The number of hydrogen-bond donors (Lipinski definition) is 0. The molecule has 0 radical (unpaired) electrons. The lowest BCUT2D eigenvalue weighted by molar-refractivity contribution is -0.309. The number of benzene rings is 1. The number of quaternary nitrogens is 1. The lowest BCUT2D eigenvalue weighted by Gasteiger charge is -2.29. The zero-order valence-corrected chi connectivity index (χ0v) is 16.3. The molecule has 0 aliphatic carbocycles. The molecule has 0 saturated carbocycles. The summed E-state index contributed by atoms with van der Waals surface area (Å²) in [6, 6.07) is 8.79. The van der Waals surface area contributed by atoms with Crippen LogP contribution in [0.3, 0.4) is 0 Å². The summed E-state index contributed by atoms with van der Waals surface area (Å²) in [7, 11) is 4.21. The van der Waals surface area contributed by atoms with Gasteiger partial charge in [0.05, 0.1) is 33.3 Å². The van der Waals surface area contributed by atoms with Crippen LogP contribution in [-0.4, -0.2) is 39.8 Å². The number of aryl methyl sites for hydroxylation is 1. The first kappa shape index (κ1) is 21.7. The van der Waals surface area contributed by atoms with Gasteiger partial charge in [-0.15, -0.1) is 0 Å². The zero-order chi connectivity index (χ0) is 18.5. The third kappa shape index (κ3) is 9.61. The van der Waals surface area contributed by atoms with Crippen LogP contribution >= 0.6 is 0 Å². The van der Waals surface area contributed by atoms with Crippen molar-refractivity contribution in [2.24, 2.45) is 0 Å². The Bertz CT molecular complexity index is 482. The van der Waals surface area contributed by atoms with Crippen molar-refractivity contribution in [2.75, 3.05) is 33.9 Å². The van der Waals surface area contributed by atoms with Gasteiger partial charge in [-0.25, -0.2) is 0 Å². The number of unbranched alkanes of at least 4 members (excludes halogenated alkanes) is 6. The van der Waals surface area contributed by atoms with Crippen molar-refractivity contribution in [3.8, 4) is 0 Å². The average Bonchev–Trinajstić information content (AvgIpc) is 2.58. The lowest BCUT2D eigenvalue weighted by Crippen LogP contribution is -2.43. The van der Waals surface area contributed by atoms with Crippen LogP contribution in [0.25, 0.3) is 0 Å². The van der Waals surface area contributed by atoms with E-state index in [0.717, 1.165) is 13.0 Å². The number of ether oxygens (including phenoxy) is 1. The maximum absolute atomic E-state index is 10.4. The second-order valence-electron chi connectivity index (χ2n) is 7.37. The Morgan fingerprint density at radius 2 is 1.60 bits per heavy atom. The van der Waals surface area contributed by atoms with E-state index in [0.29, 0.717) is 11.1 Å². The van der Waals surface area contributed by atoms with Gasteiger partial charge in [0.2, 0.25) is 0 Å². The molecule has 0 amide bonds. The number of rotatable bonds is 14. The fraction of sp³-hybridized carbons (Fsp3) is 0.667. The van der Waals surface area contributed by atoms with Crippen LogP contribution in [0.1, 0.15) is 57.4 Å². The largest absolute Gasteiger partial charge is 0.548 e. The molecule has 0 saturated heterocycles. The number of hydrogen-bond acceptors (Lipinski definition) is 3. The quantitative estimate of drug-likeness (QED) is 0.382. The van der Waals surface area contributed by atoms with Crippen LogP contribution in [0, 0.1) is 0 Å². The third-order valence-corrected chi connectivity index (χ3v) is 4.72. The molecule has 0 fully saturated rings. The van der Waals surface area contributed by atoms with E-state index < -0.39 is 5.97 Å². The van der Waals surface area contributed by atoms with Crippen LogP contribution in [0.5, 0.6) is 0 Å². The molecule has 0 aromatic heterocycles. The van der Waals surface area contributed by atoms with E-state index >= 15 is 0 Å². The normalized spacial score (nSPS) is 11.6. The number of carbonyl (C=O) groups is 1. The topological polar surface area (TPSA) is 49.4 Å². The number of nitrogens with zero attached hydrogens (tertiary/aromatic N) is 1. The highest BCUT2D eigenvalue weighted by Crippen LogP contribution is 2.20. The van der Waals surface area contributed by atoms with E-state index in [2.05, 4.69) is 45.3 Å². The van der Waals surface area contributed by atoms with Crippen molar-refractivity contribution >= 4 is 11.7 Å². The highest BCUT2D eigenvalue weighted by Gasteiger charge is 2.18. The van der Waals surface area contributed by atoms with Crippen molar-refractivity contribution in [1.82, 2.24) is 4.48 Å². The molecule has 1 aromatic rings. The van der Waals surface area contributed by atoms with Gasteiger partial charge in [-0.3, -0.25) is 4.48 Å². The Balaban J connectivity index is 2.30. The monoisotopic (exact) mass is 349 g/mol. The van der Waals surface area contributed by atoms with E-state index in [4.69, 9.17) is 4.74 Å². The van der Waals surface area contributed by atoms with Gasteiger partial charge < -0.3 is 14.6 Å². The van der Waals surface area contributed by atoms with Crippen molar-refractivity contribution in [3.05, 3.63) is 29.8 Å². The minimum atomic E-state index is -1.17. The molecule has 25 heavy (non-hydrogen) atoms. The first-order chi connectivity index (χ1) is 12.0. The van der Waals surface area contributed by atoms with Crippen LogP contribution in [-0.2, 0) is 16.0 Å². The molecule has 1 aromatic carbocycles. The fourth-order valence-electron chi connectivity index (χ4n) is 2.93. The Morgan fingerprint density at radius 3 is 2.20 bits per heavy atom. The second kappa shape index (κ2) is 12.0. The second-order valence-corrected chi connectivity index (χ2v) is 7.37. The van der Waals surface area contributed by atoms with Gasteiger partial charge in [0.25, 0.3) is 0 Å². The Hall–Kier alpha value is -1.39. The fourth-order valence-corrected chi connectivity index (χ4v) is 2.93. The summed E-state index contributed by atoms with van der Waals surface area (Å²) in [6.45, 7) is 3.05. The van der Waals surface area contributed by atoms with Gasteiger partial charge in [0.15, 0.2) is 0 Å². The molecule has 0 unspecified atom stereocenters. The van der Waals surface area contributed by atoms with Crippen molar-refractivity contribution in [2.45, 2.75) is 58.3 Å². The van der Waals surface area contributed by atoms with Gasteiger partial charge in [0, 0.05) is 0 Å². The molecule has 1 rings (SSSR count). The molecule has 4 heteroatoms.